The van der Waals surface area contributed by atoms with Gasteiger partial charge in [0.15, 0.2) is 0 Å². The number of H-pyrrole nitrogens is 1. The van der Waals surface area contributed by atoms with Crippen LogP contribution in [0.4, 0.5) is 17.1 Å². The van der Waals surface area contributed by atoms with Crippen molar-refractivity contribution in [1.82, 2.24) is 4.98 Å². The van der Waals surface area contributed by atoms with Gasteiger partial charge in [-0.15, -0.1) is 0 Å². The van der Waals surface area contributed by atoms with Crippen LogP contribution in [0.2, 0.25) is 0 Å². The maximum atomic E-state index is 3.79. The number of hydrogen-bond acceptors (Lipinski definition) is 1. The maximum Gasteiger partial charge on any atom is 0.0708 e. The minimum absolute atomic E-state index is 0.534. The molecule has 17 aromatic carbocycles. The van der Waals surface area contributed by atoms with Gasteiger partial charge < -0.3 is 9.88 Å². The monoisotopic (exact) mass is 1250 g/mol. The molecule has 0 saturated carbocycles. The van der Waals surface area contributed by atoms with Crippen LogP contribution in [0.3, 0.4) is 0 Å². The van der Waals surface area contributed by atoms with Crippen LogP contribution < -0.4 is 4.90 Å². The molecular weight excluding hydrogens is 1180 g/mol. The van der Waals surface area contributed by atoms with Gasteiger partial charge in [-0.2, -0.15) is 0 Å². The van der Waals surface area contributed by atoms with Crippen molar-refractivity contribution in [3.63, 3.8) is 0 Å². The first-order valence-electron chi connectivity index (χ1n) is 34.3. The van der Waals surface area contributed by atoms with Crippen molar-refractivity contribution >= 4 is 104 Å². The number of benzene rings is 17. The number of nitrogens with one attached hydrogen (secondary N) is 1. The molecule has 0 aliphatic heterocycles. The first kappa shape index (κ1) is 58.5. The van der Waals surface area contributed by atoms with Crippen molar-refractivity contribution in [2.45, 2.75) is 37.0 Å². The Hall–Kier alpha value is -12.1. The Morgan fingerprint density at radius 3 is 1.04 bits per heavy atom. The van der Waals surface area contributed by atoms with E-state index in [1.165, 1.54) is 131 Å². The number of aromatic amines is 1. The molecule has 0 aliphatic rings. The zero-order valence-corrected chi connectivity index (χ0v) is 55.1. The molecule has 0 aliphatic carbocycles. The summed E-state index contributed by atoms with van der Waals surface area (Å²) in [5.41, 5.74) is 17.0. The Labute approximate surface area is 572 Å². The van der Waals surface area contributed by atoms with E-state index in [2.05, 4.69) is 395 Å². The number of aromatic nitrogens is 1. The highest BCUT2D eigenvalue weighted by atomic mass is 15.1. The molecule has 0 saturated heterocycles. The molecule has 2 atom stereocenters. The van der Waals surface area contributed by atoms with Gasteiger partial charge >= 0.3 is 0 Å². The quantitative estimate of drug-likeness (QED) is 0.114. The van der Waals surface area contributed by atoms with Gasteiger partial charge in [0.1, 0.15) is 0 Å². The third-order valence-corrected chi connectivity index (χ3v) is 21.8. The summed E-state index contributed by atoms with van der Waals surface area (Å²) in [4.78, 5) is 6.25. The molecule has 18 rings (SSSR count). The summed E-state index contributed by atoms with van der Waals surface area (Å²) in [5.74, 6) is 0. The minimum Gasteiger partial charge on any atom is -0.355 e. The topological polar surface area (TPSA) is 19.0 Å². The average Bonchev–Trinajstić information content (AvgIpc) is 0.947. The van der Waals surface area contributed by atoms with Crippen LogP contribution in [0.25, 0.3) is 86.4 Å². The average molecular weight is 1250 g/mol. The fourth-order valence-electron chi connectivity index (χ4n) is 16.8. The Bertz CT molecular complexity index is 6010. The van der Waals surface area contributed by atoms with Crippen molar-refractivity contribution in [1.29, 1.82) is 0 Å². The van der Waals surface area contributed by atoms with Crippen molar-refractivity contribution in [3.05, 3.63) is 425 Å². The molecule has 1 N–H and O–H groups in total. The Morgan fingerprint density at radius 1 is 0.224 bits per heavy atom. The highest BCUT2D eigenvalue weighted by molar-refractivity contribution is 6.08. The normalized spacial score (nSPS) is 13.2. The van der Waals surface area contributed by atoms with Gasteiger partial charge in [-0.25, -0.2) is 0 Å². The molecule has 1 heterocycles. The number of fused-ring (bicyclic) bond motifs is 9. The molecule has 0 radical (unpaired) electrons. The van der Waals surface area contributed by atoms with Gasteiger partial charge in [0, 0.05) is 49.7 Å². The molecule has 18 aromatic rings. The number of aryl methyl sites for hydroxylation is 1. The maximum absolute atomic E-state index is 3.79. The van der Waals surface area contributed by atoms with E-state index in [0.29, 0.717) is 0 Å². The Morgan fingerprint density at radius 2 is 0.551 bits per heavy atom. The molecule has 464 valence electrons. The van der Waals surface area contributed by atoms with Crippen LogP contribution >= 0.6 is 0 Å². The van der Waals surface area contributed by atoms with Gasteiger partial charge in [-0.1, -0.05) is 297 Å². The minimum atomic E-state index is -0.804. The Kier molecular flexibility index (Phi) is 13.9. The number of nitrogens with zero attached hydrogens (tertiary/aromatic N) is 1. The van der Waals surface area contributed by atoms with Gasteiger partial charge in [0.05, 0.1) is 5.41 Å². The first-order chi connectivity index (χ1) is 48.2. The van der Waals surface area contributed by atoms with E-state index in [-0.39, 0.29) is 0 Å². The molecule has 1 aromatic heterocycles. The zero-order valence-electron chi connectivity index (χ0n) is 55.1. The second kappa shape index (κ2) is 23.4. The summed E-state index contributed by atoms with van der Waals surface area (Å²) in [6.07, 6.45) is 0. The molecule has 2 nitrogen and oxygen atoms in total. The van der Waals surface area contributed by atoms with Crippen LogP contribution in [0.1, 0.15) is 75.0 Å². The molecule has 98 heavy (non-hydrogen) atoms. The van der Waals surface area contributed by atoms with Crippen LogP contribution in [0.15, 0.2) is 364 Å². The largest absolute Gasteiger partial charge is 0.355 e. The number of rotatable bonds is 13. The summed E-state index contributed by atoms with van der Waals surface area (Å²) >= 11 is 0. The van der Waals surface area contributed by atoms with E-state index < -0.39 is 16.2 Å². The molecular formula is C96H70N2. The van der Waals surface area contributed by atoms with E-state index in [1.807, 2.05) is 0 Å². The van der Waals surface area contributed by atoms with Crippen LogP contribution in [0.5, 0.6) is 0 Å². The smallest absolute Gasteiger partial charge is 0.0708 e. The number of hydrogen-bond donors (Lipinski definition) is 1. The number of anilines is 3. The lowest BCUT2D eigenvalue weighted by Crippen LogP contribution is -2.31. The van der Waals surface area contributed by atoms with Gasteiger partial charge in [0.2, 0.25) is 0 Å². The van der Waals surface area contributed by atoms with Gasteiger partial charge in [-0.05, 0) is 214 Å². The predicted octanol–water partition coefficient (Wildman–Crippen LogP) is 25.1. The van der Waals surface area contributed by atoms with E-state index in [1.54, 1.807) is 0 Å². The van der Waals surface area contributed by atoms with Crippen molar-refractivity contribution in [3.8, 4) is 0 Å². The van der Waals surface area contributed by atoms with E-state index in [0.717, 1.165) is 33.7 Å². The van der Waals surface area contributed by atoms with Gasteiger partial charge in [0.25, 0.3) is 0 Å². The van der Waals surface area contributed by atoms with Crippen molar-refractivity contribution in [2.24, 2.45) is 0 Å². The fourth-order valence-corrected chi connectivity index (χ4v) is 16.8. The second-order valence-electron chi connectivity index (χ2n) is 27.1. The van der Waals surface area contributed by atoms with Crippen molar-refractivity contribution < 1.29 is 0 Å². The highest BCUT2D eigenvalue weighted by Gasteiger charge is 2.41. The van der Waals surface area contributed by atoms with Crippen LogP contribution in [-0.4, -0.2) is 4.98 Å². The predicted molar refractivity (Wildman–Crippen MR) is 415 cm³/mol. The summed E-state index contributed by atoms with van der Waals surface area (Å²) in [6.45, 7) is 7.04. The summed E-state index contributed by atoms with van der Waals surface area (Å²) < 4.78 is 0. The molecule has 2 unspecified atom stereocenters. The standard InChI is InChI=1S/C96H70N2/c1-64-40-58-92-86(60-64)87-63-78(51-59-93(87)97-92)96(77-44-42-66-21-5-7-27-72(66)62-77,91-39-19-31-70-25-11-15-35-85(70)91)75-49-56-81(57-50-75)98(79-52-45-73(46-53-79)94(2,76-43-41-65-20-4-6-26-71(65)61-76)88-36-16-28-67-22-8-12-32-82(67)88)80-54-47-74(48-55-80)95(3,89-37-17-29-68-23-9-13-33-83(68)89)90-38-18-30-69-24-10-14-34-84(69)90/h4-63,97H,1-3H3. The Balaban J connectivity index is 0.861. The van der Waals surface area contributed by atoms with Gasteiger partial charge in [-0.3, -0.25) is 0 Å². The second-order valence-corrected chi connectivity index (χ2v) is 27.1. The summed E-state index contributed by atoms with van der Waals surface area (Å²) in [5, 5.41) is 17.1. The van der Waals surface area contributed by atoms with E-state index in [4.69, 9.17) is 0 Å². The molecule has 0 bridgehead atoms. The molecule has 0 fully saturated rings. The SMILES string of the molecule is Cc1ccc2[nH]c3ccc(C(c4ccc(N(c5ccc(C(C)(c6ccc7ccccc7c6)c6cccc7ccccc67)cc5)c5ccc(C(C)(c6cccc7ccccc67)c6cccc7ccccc67)cc5)cc4)(c4ccc5ccccc5c4)c4cccc5ccccc45)cc3c2c1. The fraction of sp³-hybridized carbons (Fsp3) is 0.0625. The zero-order chi connectivity index (χ0) is 65.5. The summed E-state index contributed by atoms with van der Waals surface area (Å²) in [7, 11) is 0. The van der Waals surface area contributed by atoms with E-state index in [9.17, 15) is 0 Å². The molecule has 2 heteroatoms. The highest BCUT2D eigenvalue weighted by Crippen LogP contribution is 2.52. The van der Waals surface area contributed by atoms with E-state index >= 15 is 0 Å². The lowest BCUT2D eigenvalue weighted by molar-refractivity contribution is 0.700. The van der Waals surface area contributed by atoms with Crippen LogP contribution in [-0.2, 0) is 16.2 Å². The molecule has 0 amide bonds. The lowest BCUT2D eigenvalue weighted by atomic mass is 9.63. The van der Waals surface area contributed by atoms with Crippen LogP contribution in [0, 0.1) is 6.92 Å². The van der Waals surface area contributed by atoms with Crippen molar-refractivity contribution in [2.75, 3.05) is 4.90 Å². The summed E-state index contributed by atoms with van der Waals surface area (Å²) in [6, 6.07) is 137. The third kappa shape index (κ3) is 9.38. The lowest BCUT2D eigenvalue weighted by Gasteiger charge is -2.38. The third-order valence-electron chi connectivity index (χ3n) is 21.8. The first-order valence-corrected chi connectivity index (χ1v) is 34.3. The molecule has 0 spiro atoms.